The quantitative estimate of drug-likeness (QED) is 0.606. The predicted octanol–water partition coefficient (Wildman–Crippen LogP) is 4.99. The molecule has 1 aliphatic heterocycles. The van der Waals surface area contributed by atoms with E-state index < -0.39 is 11.7 Å². The van der Waals surface area contributed by atoms with Crippen molar-refractivity contribution < 1.29 is 18.0 Å². The number of hydrogen-bond donors (Lipinski definition) is 0. The molecule has 1 fully saturated rings. The number of alkyl halides is 3. The predicted molar refractivity (Wildman–Crippen MR) is 97.4 cm³/mol. The highest BCUT2D eigenvalue weighted by atomic mass is 19.4. The van der Waals surface area contributed by atoms with Crippen LogP contribution < -0.4 is 4.90 Å². The van der Waals surface area contributed by atoms with Gasteiger partial charge in [-0.15, -0.1) is 0 Å². The number of amides is 1. The summed E-state index contributed by atoms with van der Waals surface area (Å²) in [4.78, 5) is 18.3. The Morgan fingerprint density at radius 1 is 1.04 bits per heavy atom. The fraction of sp³-hybridized carbons (Fsp3) is 0.238. The van der Waals surface area contributed by atoms with Gasteiger partial charge in [0.2, 0.25) is 5.91 Å². The monoisotopic (exact) mass is 370 g/mol. The van der Waals surface area contributed by atoms with Crippen LogP contribution in [0.1, 0.15) is 24.0 Å². The molecule has 0 saturated carbocycles. The zero-order valence-corrected chi connectivity index (χ0v) is 14.4. The van der Waals surface area contributed by atoms with Gasteiger partial charge in [0.15, 0.2) is 0 Å². The summed E-state index contributed by atoms with van der Waals surface area (Å²) >= 11 is 0. The summed E-state index contributed by atoms with van der Waals surface area (Å²) in [6.07, 6.45) is -1.61. The van der Waals surface area contributed by atoms with E-state index in [2.05, 4.69) is 4.98 Å². The first-order valence-electron chi connectivity index (χ1n) is 8.76. The summed E-state index contributed by atoms with van der Waals surface area (Å²) in [7, 11) is 0. The summed E-state index contributed by atoms with van der Waals surface area (Å²) in [5.41, 5.74) is 1.11. The first-order chi connectivity index (χ1) is 12.9. The number of β-lactam (4-membered cyclic amide) rings is 1. The zero-order valence-electron chi connectivity index (χ0n) is 14.4. The zero-order chi connectivity index (χ0) is 19.0. The van der Waals surface area contributed by atoms with Crippen molar-refractivity contribution in [2.75, 3.05) is 4.90 Å². The molecule has 0 spiro atoms. The Balaban J connectivity index is 1.57. The molecular weight excluding hydrogens is 353 g/mol. The average Bonchev–Trinajstić information content (AvgIpc) is 2.65. The van der Waals surface area contributed by atoms with Crippen molar-refractivity contribution >= 4 is 22.5 Å². The van der Waals surface area contributed by atoms with Crippen LogP contribution in [0.4, 0.5) is 18.9 Å². The van der Waals surface area contributed by atoms with Gasteiger partial charge in [-0.3, -0.25) is 9.78 Å². The molecule has 1 aliphatic rings. The second-order valence-corrected chi connectivity index (χ2v) is 6.67. The van der Waals surface area contributed by atoms with E-state index >= 15 is 0 Å². The molecular formula is C21H17F3N2O. The van der Waals surface area contributed by atoms with Gasteiger partial charge in [0.1, 0.15) is 0 Å². The fourth-order valence-electron chi connectivity index (χ4n) is 3.66. The third-order valence-corrected chi connectivity index (χ3v) is 4.98. The maximum Gasteiger partial charge on any atom is 0.416 e. The summed E-state index contributed by atoms with van der Waals surface area (Å²) < 4.78 is 39.5. The van der Waals surface area contributed by atoms with E-state index in [-0.39, 0.29) is 23.9 Å². The Labute approximate surface area is 154 Å². The number of benzene rings is 2. The van der Waals surface area contributed by atoms with E-state index in [4.69, 9.17) is 0 Å². The SMILES string of the molecule is O=C1CC(CCc2ccccc2C(F)(F)F)N1c1cccc2cccnc12. The summed E-state index contributed by atoms with van der Waals surface area (Å²) in [6, 6.07) is 14.9. The second kappa shape index (κ2) is 6.68. The van der Waals surface area contributed by atoms with Gasteiger partial charge >= 0.3 is 6.18 Å². The Bertz CT molecular complexity index is 995. The highest BCUT2D eigenvalue weighted by Crippen LogP contribution is 2.36. The molecule has 2 aromatic carbocycles. The number of rotatable bonds is 4. The van der Waals surface area contributed by atoms with Crippen LogP contribution in [-0.2, 0) is 17.4 Å². The standard InChI is InChI=1S/C21H17F3N2O/c22-21(23,24)17-8-2-1-5-14(17)10-11-16-13-19(27)26(16)18-9-3-6-15-7-4-12-25-20(15)18/h1-9,12,16H,10-11,13H2. The smallest absolute Gasteiger partial charge is 0.307 e. The molecule has 1 unspecified atom stereocenters. The number of nitrogens with zero attached hydrogens (tertiary/aromatic N) is 2. The van der Waals surface area contributed by atoms with Crippen molar-refractivity contribution in [2.24, 2.45) is 0 Å². The average molecular weight is 370 g/mol. The van der Waals surface area contributed by atoms with E-state index in [0.29, 0.717) is 12.8 Å². The number of aromatic nitrogens is 1. The molecule has 3 aromatic rings. The molecule has 4 rings (SSSR count). The summed E-state index contributed by atoms with van der Waals surface area (Å²) in [6.45, 7) is 0. The number of hydrogen-bond acceptors (Lipinski definition) is 2. The lowest BCUT2D eigenvalue weighted by atomic mass is 9.92. The second-order valence-electron chi connectivity index (χ2n) is 6.67. The topological polar surface area (TPSA) is 33.2 Å². The molecule has 0 aliphatic carbocycles. The molecule has 0 N–H and O–H groups in total. The molecule has 1 saturated heterocycles. The first kappa shape index (κ1) is 17.5. The number of halogens is 3. The molecule has 138 valence electrons. The Morgan fingerprint density at radius 3 is 2.59 bits per heavy atom. The molecule has 1 atom stereocenters. The Kier molecular flexibility index (Phi) is 4.34. The number of fused-ring (bicyclic) bond motifs is 1. The van der Waals surface area contributed by atoms with Crippen LogP contribution in [-0.4, -0.2) is 16.9 Å². The number of anilines is 1. The molecule has 3 nitrogen and oxygen atoms in total. The van der Waals surface area contributed by atoms with E-state index in [0.717, 1.165) is 22.7 Å². The first-order valence-corrected chi connectivity index (χ1v) is 8.76. The molecule has 2 heterocycles. The van der Waals surface area contributed by atoms with Crippen LogP contribution in [0.25, 0.3) is 10.9 Å². The molecule has 0 radical (unpaired) electrons. The van der Waals surface area contributed by atoms with Crippen molar-refractivity contribution in [3.63, 3.8) is 0 Å². The lowest BCUT2D eigenvalue weighted by Crippen LogP contribution is -2.53. The highest BCUT2D eigenvalue weighted by molar-refractivity contribution is 6.06. The third-order valence-electron chi connectivity index (χ3n) is 4.98. The number of carbonyl (C=O) groups excluding carboxylic acids is 1. The van der Waals surface area contributed by atoms with Crippen LogP contribution in [0.5, 0.6) is 0 Å². The fourth-order valence-corrected chi connectivity index (χ4v) is 3.66. The van der Waals surface area contributed by atoms with Crippen LogP contribution in [0, 0.1) is 0 Å². The van der Waals surface area contributed by atoms with Crippen molar-refractivity contribution in [3.8, 4) is 0 Å². The minimum absolute atomic E-state index is 0.0257. The largest absolute Gasteiger partial charge is 0.416 e. The molecule has 6 heteroatoms. The van der Waals surface area contributed by atoms with Crippen molar-refractivity contribution in [1.82, 2.24) is 4.98 Å². The number of aryl methyl sites for hydroxylation is 1. The van der Waals surface area contributed by atoms with Crippen LogP contribution in [0.2, 0.25) is 0 Å². The van der Waals surface area contributed by atoms with Gasteiger partial charge < -0.3 is 4.90 Å². The van der Waals surface area contributed by atoms with Gasteiger partial charge in [-0.2, -0.15) is 13.2 Å². The van der Waals surface area contributed by atoms with Crippen molar-refractivity contribution in [1.29, 1.82) is 0 Å². The molecule has 27 heavy (non-hydrogen) atoms. The van der Waals surface area contributed by atoms with E-state index in [9.17, 15) is 18.0 Å². The van der Waals surface area contributed by atoms with Gasteiger partial charge in [-0.1, -0.05) is 36.4 Å². The number of carbonyl (C=O) groups is 1. The summed E-state index contributed by atoms with van der Waals surface area (Å²) in [5.74, 6) is -0.0257. The van der Waals surface area contributed by atoms with Gasteiger partial charge in [0, 0.05) is 24.0 Å². The Morgan fingerprint density at radius 2 is 1.81 bits per heavy atom. The van der Waals surface area contributed by atoms with Crippen molar-refractivity contribution in [2.45, 2.75) is 31.5 Å². The minimum atomic E-state index is -4.37. The maximum absolute atomic E-state index is 13.2. The molecule has 1 aromatic heterocycles. The number of pyridine rings is 1. The van der Waals surface area contributed by atoms with Gasteiger partial charge in [0.25, 0.3) is 0 Å². The van der Waals surface area contributed by atoms with Crippen LogP contribution in [0.3, 0.4) is 0 Å². The van der Waals surface area contributed by atoms with Gasteiger partial charge in [-0.05, 0) is 36.6 Å². The van der Waals surface area contributed by atoms with Gasteiger partial charge in [-0.25, -0.2) is 0 Å². The van der Waals surface area contributed by atoms with E-state index in [1.165, 1.54) is 12.1 Å². The van der Waals surface area contributed by atoms with Crippen LogP contribution in [0.15, 0.2) is 60.8 Å². The lowest BCUT2D eigenvalue weighted by Gasteiger charge is -2.41. The Hall–Kier alpha value is -2.89. The summed E-state index contributed by atoms with van der Waals surface area (Å²) in [5, 5.41) is 0.927. The molecule has 1 amide bonds. The van der Waals surface area contributed by atoms with Gasteiger partial charge in [0.05, 0.1) is 16.8 Å². The van der Waals surface area contributed by atoms with Crippen molar-refractivity contribution in [3.05, 3.63) is 71.9 Å². The van der Waals surface area contributed by atoms with Crippen LogP contribution >= 0.6 is 0 Å². The van der Waals surface area contributed by atoms with E-state index in [1.807, 2.05) is 30.3 Å². The number of para-hydroxylation sites is 1. The highest BCUT2D eigenvalue weighted by Gasteiger charge is 2.38. The molecule has 0 bridgehead atoms. The minimum Gasteiger partial charge on any atom is -0.307 e. The normalized spacial score (nSPS) is 17.2. The maximum atomic E-state index is 13.2. The van der Waals surface area contributed by atoms with E-state index in [1.54, 1.807) is 17.2 Å². The lowest BCUT2D eigenvalue weighted by molar-refractivity contribution is -0.138. The third kappa shape index (κ3) is 3.27.